The number of nitrogens with zero attached hydrogens (tertiary/aromatic N) is 2. The Labute approximate surface area is 116 Å². The molecule has 54 valence electrons. The Morgan fingerprint density at radius 3 is 2.33 bits per heavy atom. The van der Waals surface area contributed by atoms with Gasteiger partial charge in [-0.1, -0.05) is 0 Å². The summed E-state index contributed by atoms with van der Waals surface area (Å²) >= 11 is -0.102. The van der Waals surface area contributed by atoms with Crippen LogP contribution in [-0.4, -0.2) is 19.7 Å². The zero-order chi connectivity index (χ0) is 7.56. The van der Waals surface area contributed by atoms with E-state index in [9.17, 15) is 14.5 Å². The van der Waals surface area contributed by atoms with Gasteiger partial charge in [-0.15, -0.1) is 10.2 Å². The van der Waals surface area contributed by atoms with E-state index >= 15 is 0 Å². The van der Waals surface area contributed by atoms with Crippen molar-refractivity contribution in [2.45, 2.75) is 5.03 Å². The molecule has 0 aliphatic rings. The monoisotopic (exact) mass is 205 g/mol. The minimum Gasteiger partial charge on any atom is -0.844 e. The van der Waals surface area contributed by atoms with Gasteiger partial charge in [-0.25, -0.2) is 0 Å². The molecule has 0 aliphatic heterocycles. The van der Waals surface area contributed by atoms with Crippen LogP contribution in [0.5, 0.6) is 6.01 Å². The molecule has 0 saturated heterocycles. The summed E-state index contributed by atoms with van der Waals surface area (Å²) in [5.41, 5.74) is -0.792. The normalized spacial score (nSPS) is 8.08. The zero-order valence-corrected chi connectivity index (χ0v) is 11.3. The van der Waals surface area contributed by atoms with Crippen molar-refractivity contribution in [1.82, 2.24) is 15.2 Å². The fourth-order valence-electron chi connectivity index (χ4n) is 0.366. The third-order valence-corrected chi connectivity index (χ3v) is 1.15. The second-order valence-electron chi connectivity index (χ2n) is 1.35. The Balaban J connectivity index is 0. The fraction of sp³-hybridized carbons (Fsp3) is 0. The van der Waals surface area contributed by atoms with Crippen LogP contribution < -0.4 is 69.8 Å². The Morgan fingerprint density at radius 1 is 1.33 bits per heavy atom. The average molecular weight is 205 g/mol. The van der Waals surface area contributed by atoms with Gasteiger partial charge in [0.25, 0.3) is 5.56 Å². The average Bonchev–Trinajstić information content (AvgIpc) is 1.88. The van der Waals surface area contributed by atoms with E-state index in [0.29, 0.717) is 0 Å². The van der Waals surface area contributed by atoms with Gasteiger partial charge in [0.05, 0.1) is 6.01 Å². The van der Waals surface area contributed by atoms with Crippen LogP contribution in [0.3, 0.4) is 0 Å². The number of hydrogen-bond donors (Lipinski definition) is 1. The standard InChI is InChI=1S/C3H3N3O3S.2Na/c7-1-2(10-9)5-6-3(8)4-1;;/h9H,(H2,4,6,7,8);;/q;2*+1/p-2. The summed E-state index contributed by atoms with van der Waals surface area (Å²) in [4.78, 5) is 12.3. The number of rotatable bonds is 1. The van der Waals surface area contributed by atoms with Gasteiger partial charge < -0.3 is 14.6 Å². The van der Waals surface area contributed by atoms with Crippen LogP contribution in [0.4, 0.5) is 0 Å². The van der Waals surface area contributed by atoms with Crippen molar-refractivity contribution in [3.63, 3.8) is 0 Å². The summed E-state index contributed by atoms with van der Waals surface area (Å²) < 4.78 is 9.96. The summed E-state index contributed by atoms with van der Waals surface area (Å²) in [7, 11) is 0. The molecular weight excluding hydrogens is 204 g/mol. The molecule has 9 heteroatoms. The van der Waals surface area contributed by atoms with Crippen molar-refractivity contribution in [2.24, 2.45) is 0 Å². The Bertz CT molecular complexity index is 292. The molecule has 0 aromatic carbocycles. The zero-order valence-electron chi connectivity index (χ0n) is 6.53. The molecule has 0 atom stereocenters. The first kappa shape index (κ1) is 15.4. The van der Waals surface area contributed by atoms with Gasteiger partial charge >= 0.3 is 59.1 Å². The first-order valence-corrected chi connectivity index (χ1v) is 2.92. The van der Waals surface area contributed by atoms with E-state index in [1.165, 1.54) is 0 Å². The van der Waals surface area contributed by atoms with Gasteiger partial charge in [-0.2, -0.15) is 12.0 Å². The second-order valence-corrected chi connectivity index (χ2v) is 1.90. The van der Waals surface area contributed by atoms with Crippen molar-refractivity contribution < 1.29 is 68.8 Å². The van der Waals surface area contributed by atoms with Crippen molar-refractivity contribution in [3.8, 4) is 6.01 Å². The van der Waals surface area contributed by atoms with E-state index in [-0.39, 0.29) is 76.2 Å². The molecule has 6 nitrogen and oxygen atoms in total. The molecule has 0 unspecified atom stereocenters. The predicted molar refractivity (Wildman–Crippen MR) is 28.7 cm³/mol. The van der Waals surface area contributed by atoms with Crippen LogP contribution in [0, 0.1) is 0 Å². The second kappa shape index (κ2) is 7.34. The van der Waals surface area contributed by atoms with Crippen LogP contribution >= 0.6 is 12.0 Å². The van der Waals surface area contributed by atoms with E-state index in [0.717, 1.165) is 0 Å². The Kier molecular flexibility index (Phi) is 9.41. The molecule has 0 fully saturated rings. The number of nitrogens with one attached hydrogen (secondary N) is 1. The number of hydrogen-bond acceptors (Lipinski definition) is 6. The number of H-pyrrole nitrogens is 1. The maximum Gasteiger partial charge on any atom is 1.00 e. The Hall–Kier alpha value is 0.920. The maximum atomic E-state index is 10.5. The fourth-order valence-corrected chi connectivity index (χ4v) is 0.567. The van der Waals surface area contributed by atoms with Gasteiger partial charge in [-0.3, -0.25) is 4.79 Å². The van der Waals surface area contributed by atoms with Crippen LogP contribution in [0.15, 0.2) is 9.82 Å². The molecule has 0 saturated carbocycles. The van der Waals surface area contributed by atoms with E-state index in [1.807, 2.05) is 0 Å². The van der Waals surface area contributed by atoms with E-state index < -0.39 is 11.6 Å². The summed E-state index contributed by atoms with van der Waals surface area (Å²) in [5, 5.41) is 15.8. The molecule has 1 heterocycles. The molecular formula is C3HN3Na2O3S. The third-order valence-electron chi connectivity index (χ3n) is 0.725. The molecule has 1 aromatic heterocycles. The van der Waals surface area contributed by atoms with Gasteiger partial charge in [0, 0.05) is 0 Å². The molecule has 0 amide bonds. The topological polar surface area (TPSA) is 105 Å². The van der Waals surface area contributed by atoms with Crippen LogP contribution in [0.2, 0.25) is 0 Å². The van der Waals surface area contributed by atoms with Gasteiger partial charge in [0.15, 0.2) is 5.03 Å². The van der Waals surface area contributed by atoms with E-state index in [4.69, 9.17) is 0 Å². The molecule has 0 aliphatic carbocycles. The number of aromatic amines is 1. The summed E-state index contributed by atoms with van der Waals surface area (Å²) in [6.07, 6.45) is 0. The molecule has 0 bridgehead atoms. The SMILES string of the molecule is O=c1[nH]c([O-])nnc1S[O-].[Na+].[Na+]. The van der Waals surface area contributed by atoms with Crippen LogP contribution in [0.25, 0.3) is 0 Å². The largest absolute Gasteiger partial charge is 1.00 e. The minimum atomic E-state index is -0.845. The first-order chi connectivity index (χ1) is 4.74. The molecule has 1 rings (SSSR count). The number of aromatic nitrogens is 3. The third kappa shape index (κ3) is 4.24. The van der Waals surface area contributed by atoms with Gasteiger partial charge in [0.2, 0.25) is 0 Å². The summed E-state index contributed by atoms with van der Waals surface area (Å²) in [5.74, 6) is 0. The van der Waals surface area contributed by atoms with Crippen LogP contribution in [-0.2, 0) is 0 Å². The van der Waals surface area contributed by atoms with Crippen molar-refractivity contribution in [2.75, 3.05) is 0 Å². The van der Waals surface area contributed by atoms with Crippen molar-refractivity contribution in [1.29, 1.82) is 0 Å². The van der Waals surface area contributed by atoms with Gasteiger partial charge in [0.1, 0.15) is 0 Å². The Morgan fingerprint density at radius 2 is 1.92 bits per heavy atom. The first-order valence-electron chi connectivity index (χ1n) is 2.18. The molecule has 0 radical (unpaired) electrons. The molecule has 0 spiro atoms. The summed E-state index contributed by atoms with van der Waals surface area (Å²) in [6, 6.07) is -0.845. The predicted octanol–water partition coefficient (Wildman–Crippen LogP) is -7.53. The van der Waals surface area contributed by atoms with Crippen molar-refractivity contribution >= 4 is 12.0 Å². The molecule has 1 aromatic rings. The van der Waals surface area contributed by atoms with Crippen molar-refractivity contribution in [3.05, 3.63) is 10.4 Å². The maximum absolute atomic E-state index is 10.5. The van der Waals surface area contributed by atoms with E-state index in [2.05, 4.69) is 10.2 Å². The van der Waals surface area contributed by atoms with Gasteiger partial charge in [-0.05, 0) is 0 Å². The molecule has 12 heavy (non-hydrogen) atoms. The minimum absolute atomic E-state index is 0. The smallest absolute Gasteiger partial charge is 0.844 e. The van der Waals surface area contributed by atoms with Crippen LogP contribution in [0.1, 0.15) is 0 Å². The summed E-state index contributed by atoms with van der Waals surface area (Å²) in [6.45, 7) is 0. The van der Waals surface area contributed by atoms with E-state index in [1.54, 1.807) is 4.98 Å². The molecule has 1 N–H and O–H groups in total. The quantitative estimate of drug-likeness (QED) is 0.360.